The fourth-order valence-corrected chi connectivity index (χ4v) is 3.00. The predicted octanol–water partition coefficient (Wildman–Crippen LogP) is 4.23. The van der Waals surface area contributed by atoms with E-state index in [1.807, 2.05) is 55.5 Å². The summed E-state index contributed by atoms with van der Waals surface area (Å²) >= 11 is 11.2. The number of carbonyl (C=O) groups is 1. The third-order valence-electron chi connectivity index (χ3n) is 4.09. The van der Waals surface area contributed by atoms with E-state index in [9.17, 15) is 4.79 Å². The van der Waals surface area contributed by atoms with Crippen molar-refractivity contribution in [3.63, 3.8) is 0 Å². The van der Waals surface area contributed by atoms with Crippen molar-refractivity contribution in [2.45, 2.75) is 20.0 Å². The molecule has 7 heteroatoms. The Kier molecular flexibility index (Phi) is 5.54. The van der Waals surface area contributed by atoms with Crippen LogP contribution in [0.1, 0.15) is 11.1 Å². The Morgan fingerprint density at radius 1 is 1.27 bits per heavy atom. The first-order valence-corrected chi connectivity index (χ1v) is 8.93. The number of likely N-dealkylation sites (N-methyl/N-ethyl adjacent to an activating group) is 1. The van der Waals surface area contributed by atoms with Crippen LogP contribution in [0.4, 0.5) is 0 Å². The zero-order chi connectivity index (χ0) is 18.7. The van der Waals surface area contributed by atoms with Crippen molar-refractivity contribution in [2.24, 2.45) is 0 Å². The summed E-state index contributed by atoms with van der Waals surface area (Å²) in [4.78, 5) is 14.3. The first-order valence-electron chi connectivity index (χ1n) is 8.14. The molecular weight excluding hydrogens is 368 g/mol. The lowest BCUT2D eigenvalue weighted by Crippen LogP contribution is -2.30. The number of aryl methyl sites for hydroxylation is 1. The summed E-state index contributed by atoms with van der Waals surface area (Å²) in [6, 6.07) is 15.4. The molecule has 1 heterocycles. The van der Waals surface area contributed by atoms with E-state index in [1.54, 1.807) is 16.5 Å². The van der Waals surface area contributed by atoms with Crippen LogP contribution >= 0.6 is 23.8 Å². The first kappa shape index (κ1) is 18.4. The minimum Gasteiger partial charge on any atom is -0.340 e. The second-order valence-corrected chi connectivity index (χ2v) is 7.01. The van der Waals surface area contributed by atoms with Gasteiger partial charge in [0.1, 0.15) is 6.54 Å². The van der Waals surface area contributed by atoms with Gasteiger partial charge < -0.3 is 4.90 Å². The second-order valence-electron chi connectivity index (χ2n) is 6.18. The van der Waals surface area contributed by atoms with E-state index < -0.39 is 0 Å². The highest BCUT2D eigenvalue weighted by Gasteiger charge is 2.15. The quantitative estimate of drug-likeness (QED) is 0.667. The van der Waals surface area contributed by atoms with Crippen LogP contribution in [-0.2, 0) is 17.9 Å². The van der Waals surface area contributed by atoms with Crippen molar-refractivity contribution < 1.29 is 4.79 Å². The van der Waals surface area contributed by atoms with Crippen molar-refractivity contribution in [1.29, 1.82) is 0 Å². The van der Waals surface area contributed by atoms with Gasteiger partial charge in [-0.3, -0.25) is 14.5 Å². The van der Waals surface area contributed by atoms with Crippen LogP contribution in [-0.4, -0.2) is 32.6 Å². The minimum absolute atomic E-state index is 0.0497. The van der Waals surface area contributed by atoms with Crippen molar-refractivity contribution in [1.82, 2.24) is 19.7 Å². The van der Waals surface area contributed by atoms with Gasteiger partial charge >= 0.3 is 0 Å². The summed E-state index contributed by atoms with van der Waals surface area (Å²) in [5, 5.41) is 7.76. The van der Waals surface area contributed by atoms with E-state index in [-0.39, 0.29) is 12.5 Å². The molecule has 1 aromatic heterocycles. The number of benzene rings is 2. The van der Waals surface area contributed by atoms with Gasteiger partial charge in [-0.15, -0.1) is 0 Å². The average Bonchev–Trinajstić information content (AvgIpc) is 2.97. The highest BCUT2D eigenvalue weighted by Crippen LogP contribution is 2.19. The Balaban J connectivity index is 1.78. The maximum Gasteiger partial charge on any atom is 0.242 e. The van der Waals surface area contributed by atoms with Gasteiger partial charge in [0.15, 0.2) is 10.6 Å². The van der Waals surface area contributed by atoms with Gasteiger partial charge in [0.2, 0.25) is 5.91 Å². The Bertz CT molecular complexity index is 978. The van der Waals surface area contributed by atoms with Crippen LogP contribution in [0.5, 0.6) is 0 Å². The SMILES string of the molecule is Cc1cccc(-c2n[nH]c(=S)n2CC(=O)N(C)Cc2ccc(Cl)cc2)c1. The topological polar surface area (TPSA) is 53.9 Å². The van der Waals surface area contributed by atoms with Crippen molar-refractivity contribution in [2.75, 3.05) is 7.05 Å². The van der Waals surface area contributed by atoms with Gasteiger partial charge in [-0.25, -0.2) is 0 Å². The number of nitrogens with one attached hydrogen (secondary N) is 1. The smallest absolute Gasteiger partial charge is 0.242 e. The Hall–Kier alpha value is -2.44. The number of halogens is 1. The van der Waals surface area contributed by atoms with Crippen molar-refractivity contribution in [3.05, 3.63) is 69.5 Å². The summed E-state index contributed by atoms with van der Waals surface area (Å²) in [7, 11) is 1.77. The van der Waals surface area contributed by atoms with Crippen LogP contribution in [0.25, 0.3) is 11.4 Å². The van der Waals surface area contributed by atoms with E-state index >= 15 is 0 Å². The summed E-state index contributed by atoms with van der Waals surface area (Å²) in [5.74, 6) is 0.610. The lowest BCUT2D eigenvalue weighted by molar-refractivity contribution is -0.131. The van der Waals surface area contributed by atoms with Gasteiger partial charge in [-0.05, 0) is 42.9 Å². The maximum absolute atomic E-state index is 12.7. The molecule has 0 saturated carbocycles. The molecule has 3 rings (SSSR count). The molecule has 0 saturated heterocycles. The zero-order valence-electron chi connectivity index (χ0n) is 14.6. The normalized spacial score (nSPS) is 10.7. The third kappa shape index (κ3) is 4.20. The number of hydrogen-bond donors (Lipinski definition) is 1. The monoisotopic (exact) mass is 386 g/mol. The molecule has 0 fully saturated rings. The van der Waals surface area contributed by atoms with Gasteiger partial charge in [-0.1, -0.05) is 47.5 Å². The number of aromatic amines is 1. The van der Waals surface area contributed by atoms with Gasteiger partial charge in [0.05, 0.1) is 0 Å². The predicted molar refractivity (Wildman–Crippen MR) is 106 cm³/mol. The average molecular weight is 387 g/mol. The molecule has 0 atom stereocenters. The fraction of sp³-hybridized carbons (Fsp3) is 0.211. The van der Waals surface area contributed by atoms with Crippen LogP contribution in [0.3, 0.4) is 0 Å². The molecule has 0 bridgehead atoms. The third-order valence-corrected chi connectivity index (χ3v) is 4.65. The van der Waals surface area contributed by atoms with Crippen molar-refractivity contribution in [3.8, 4) is 11.4 Å². The highest BCUT2D eigenvalue weighted by atomic mass is 35.5. The molecule has 0 aliphatic heterocycles. The van der Waals surface area contributed by atoms with Crippen molar-refractivity contribution >= 4 is 29.7 Å². The van der Waals surface area contributed by atoms with Gasteiger partial charge in [-0.2, -0.15) is 5.10 Å². The van der Waals surface area contributed by atoms with E-state index in [0.717, 1.165) is 16.7 Å². The van der Waals surface area contributed by atoms with E-state index in [4.69, 9.17) is 23.8 Å². The van der Waals surface area contributed by atoms with Crippen LogP contribution in [0.2, 0.25) is 5.02 Å². The molecule has 5 nitrogen and oxygen atoms in total. The number of H-pyrrole nitrogens is 1. The zero-order valence-corrected chi connectivity index (χ0v) is 16.1. The Morgan fingerprint density at radius 2 is 2.00 bits per heavy atom. The molecule has 1 amide bonds. The van der Waals surface area contributed by atoms with E-state index in [0.29, 0.717) is 22.2 Å². The molecule has 2 aromatic carbocycles. The first-order chi connectivity index (χ1) is 12.4. The highest BCUT2D eigenvalue weighted by molar-refractivity contribution is 7.71. The summed E-state index contributed by atoms with van der Waals surface area (Å²) in [5.41, 5.74) is 3.06. The summed E-state index contributed by atoms with van der Waals surface area (Å²) < 4.78 is 2.15. The number of nitrogens with zero attached hydrogens (tertiary/aromatic N) is 3. The van der Waals surface area contributed by atoms with E-state index in [2.05, 4.69) is 10.2 Å². The summed E-state index contributed by atoms with van der Waals surface area (Å²) in [6.07, 6.45) is 0. The Labute approximate surface area is 162 Å². The molecule has 3 aromatic rings. The molecule has 0 unspecified atom stereocenters. The van der Waals surface area contributed by atoms with Gasteiger partial charge in [0.25, 0.3) is 0 Å². The molecule has 134 valence electrons. The molecule has 0 spiro atoms. The minimum atomic E-state index is -0.0497. The molecule has 1 N–H and O–H groups in total. The second kappa shape index (κ2) is 7.85. The van der Waals surface area contributed by atoms with E-state index in [1.165, 1.54) is 0 Å². The molecule has 0 aliphatic carbocycles. The number of hydrogen-bond acceptors (Lipinski definition) is 3. The summed E-state index contributed by atoms with van der Waals surface area (Å²) in [6.45, 7) is 2.64. The van der Waals surface area contributed by atoms with Crippen LogP contribution < -0.4 is 0 Å². The number of rotatable bonds is 5. The number of aromatic nitrogens is 3. The molecule has 0 aliphatic rings. The Morgan fingerprint density at radius 3 is 2.69 bits per heavy atom. The molecular formula is C19H19ClN4OS. The lowest BCUT2D eigenvalue weighted by atomic mass is 10.1. The largest absolute Gasteiger partial charge is 0.340 e. The number of carbonyl (C=O) groups excluding carboxylic acids is 1. The number of amides is 1. The molecule has 0 radical (unpaired) electrons. The maximum atomic E-state index is 12.7. The van der Waals surface area contributed by atoms with Crippen LogP contribution in [0, 0.1) is 11.7 Å². The fourth-order valence-electron chi connectivity index (χ4n) is 2.68. The molecule has 26 heavy (non-hydrogen) atoms. The lowest BCUT2D eigenvalue weighted by Gasteiger charge is -2.18. The van der Waals surface area contributed by atoms with Gasteiger partial charge in [0, 0.05) is 24.2 Å². The standard InChI is InChI=1S/C19H19ClN4OS/c1-13-4-3-5-15(10-13)18-21-22-19(26)24(18)12-17(25)23(2)11-14-6-8-16(20)9-7-14/h3-10H,11-12H2,1-2H3,(H,22,26). The van der Waals surface area contributed by atoms with Crippen LogP contribution in [0.15, 0.2) is 48.5 Å².